The quantitative estimate of drug-likeness (QED) is 0.825. The molecule has 0 heterocycles. The highest BCUT2D eigenvalue weighted by atomic mass is 19.1. The highest BCUT2D eigenvalue weighted by Crippen LogP contribution is 2.23. The highest BCUT2D eigenvalue weighted by molar-refractivity contribution is 5.98. The van der Waals surface area contributed by atoms with Crippen molar-refractivity contribution >= 4 is 11.5 Å². The zero-order valence-electron chi connectivity index (χ0n) is 9.64. The molecule has 0 spiro atoms. The van der Waals surface area contributed by atoms with Gasteiger partial charge in [-0.25, -0.2) is 4.39 Å². The first-order chi connectivity index (χ1) is 8.66. The monoisotopic (exact) mass is 241 g/mol. The SMILES string of the molecule is NC(=O)C=C(c1ccccc1)c1ccc(F)cc1. The Labute approximate surface area is 105 Å². The van der Waals surface area contributed by atoms with E-state index in [4.69, 9.17) is 5.73 Å². The Balaban J connectivity index is 2.51. The molecule has 0 saturated heterocycles. The van der Waals surface area contributed by atoms with Crippen molar-refractivity contribution in [2.24, 2.45) is 5.73 Å². The summed E-state index contributed by atoms with van der Waals surface area (Å²) in [4.78, 5) is 11.1. The van der Waals surface area contributed by atoms with Crippen LogP contribution in [0.5, 0.6) is 0 Å². The maximum atomic E-state index is 12.9. The van der Waals surface area contributed by atoms with Crippen molar-refractivity contribution in [1.82, 2.24) is 0 Å². The van der Waals surface area contributed by atoms with Gasteiger partial charge in [-0.15, -0.1) is 0 Å². The Morgan fingerprint density at radius 1 is 0.944 bits per heavy atom. The summed E-state index contributed by atoms with van der Waals surface area (Å²) in [6.07, 6.45) is 1.35. The molecule has 3 heteroatoms. The van der Waals surface area contributed by atoms with E-state index in [1.807, 2.05) is 30.3 Å². The summed E-state index contributed by atoms with van der Waals surface area (Å²) in [5.41, 5.74) is 7.51. The first-order valence-corrected chi connectivity index (χ1v) is 5.49. The number of benzene rings is 2. The number of hydrogen-bond acceptors (Lipinski definition) is 1. The standard InChI is InChI=1S/C15H12FNO/c16-13-8-6-12(7-9-13)14(10-15(17)18)11-4-2-1-3-5-11/h1-10H,(H2,17,18). The number of hydrogen-bond donors (Lipinski definition) is 1. The second kappa shape index (κ2) is 5.27. The number of carbonyl (C=O) groups excluding carboxylic acids is 1. The molecule has 0 saturated carbocycles. The zero-order chi connectivity index (χ0) is 13.0. The molecule has 2 rings (SSSR count). The normalized spacial score (nSPS) is 11.3. The van der Waals surface area contributed by atoms with Crippen LogP contribution in [0, 0.1) is 5.82 Å². The molecule has 0 aliphatic heterocycles. The molecule has 18 heavy (non-hydrogen) atoms. The van der Waals surface area contributed by atoms with E-state index < -0.39 is 5.91 Å². The minimum Gasteiger partial charge on any atom is -0.366 e. The molecular formula is C15H12FNO. The molecule has 90 valence electrons. The number of amides is 1. The summed E-state index contributed by atoms with van der Waals surface area (Å²) < 4.78 is 12.9. The minimum atomic E-state index is -0.529. The smallest absolute Gasteiger partial charge is 0.242 e. The molecule has 0 aliphatic carbocycles. The number of nitrogens with two attached hydrogens (primary N) is 1. The fourth-order valence-corrected chi connectivity index (χ4v) is 1.72. The number of carbonyl (C=O) groups is 1. The number of rotatable bonds is 3. The van der Waals surface area contributed by atoms with Gasteiger partial charge in [-0.1, -0.05) is 42.5 Å². The molecule has 0 unspecified atom stereocenters. The summed E-state index contributed by atoms with van der Waals surface area (Å²) in [6, 6.07) is 15.3. The van der Waals surface area contributed by atoms with Crippen molar-refractivity contribution in [2.45, 2.75) is 0 Å². The molecule has 2 aromatic rings. The van der Waals surface area contributed by atoms with Crippen LogP contribution >= 0.6 is 0 Å². The Morgan fingerprint density at radius 3 is 2.06 bits per heavy atom. The van der Waals surface area contributed by atoms with E-state index in [0.29, 0.717) is 5.57 Å². The van der Waals surface area contributed by atoms with Crippen LogP contribution in [-0.4, -0.2) is 5.91 Å². The zero-order valence-corrected chi connectivity index (χ0v) is 9.64. The molecule has 2 nitrogen and oxygen atoms in total. The van der Waals surface area contributed by atoms with Crippen molar-refractivity contribution < 1.29 is 9.18 Å². The Hall–Kier alpha value is -2.42. The van der Waals surface area contributed by atoms with Gasteiger partial charge in [-0.3, -0.25) is 4.79 Å². The fourth-order valence-electron chi connectivity index (χ4n) is 1.72. The van der Waals surface area contributed by atoms with Crippen LogP contribution in [-0.2, 0) is 4.79 Å². The summed E-state index contributed by atoms with van der Waals surface area (Å²) >= 11 is 0. The molecule has 1 amide bonds. The maximum Gasteiger partial charge on any atom is 0.242 e. The maximum absolute atomic E-state index is 12.9. The van der Waals surface area contributed by atoms with Crippen LogP contribution in [0.15, 0.2) is 60.7 Å². The number of halogens is 1. The van der Waals surface area contributed by atoms with Gasteiger partial charge in [0, 0.05) is 6.08 Å². The third kappa shape index (κ3) is 2.83. The van der Waals surface area contributed by atoms with Gasteiger partial charge in [0.1, 0.15) is 5.82 Å². The molecular weight excluding hydrogens is 229 g/mol. The lowest BCUT2D eigenvalue weighted by Gasteiger charge is -2.07. The van der Waals surface area contributed by atoms with Gasteiger partial charge < -0.3 is 5.73 Å². The first kappa shape index (κ1) is 12.0. The second-order valence-corrected chi connectivity index (χ2v) is 3.83. The average Bonchev–Trinajstić information content (AvgIpc) is 2.38. The van der Waals surface area contributed by atoms with E-state index >= 15 is 0 Å². The molecule has 0 radical (unpaired) electrons. The lowest BCUT2D eigenvalue weighted by Crippen LogP contribution is -2.07. The summed E-state index contributed by atoms with van der Waals surface area (Å²) in [5, 5.41) is 0. The van der Waals surface area contributed by atoms with E-state index in [1.165, 1.54) is 18.2 Å². The van der Waals surface area contributed by atoms with E-state index in [0.717, 1.165) is 11.1 Å². The lowest BCUT2D eigenvalue weighted by molar-refractivity contribution is -0.113. The van der Waals surface area contributed by atoms with E-state index in [2.05, 4.69) is 0 Å². The summed E-state index contributed by atoms with van der Waals surface area (Å²) in [7, 11) is 0. The van der Waals surface area contributed by atoms with Crippen LogP contribution in [0.4, 0.5) is 4.39 Å². The number of primary amides is 1. The lowest BCUT2D eigenvalue weighted by atomic mass is 9.97. The van der Waals surface area contributed by atoms with Gasteiger partial charge in [0.25, 0.3) is 0 Å². The van der Waals surface area contributed by atoms with Crippen LogP contribution in [0.3, 0.4) is 0 Å². The third-order valence-electron chi connectivity index (χ3n) is 2.53. The molecule has 2 aromatic carbocycles. The third-order valence-corrected chi connectivity index (χ3v) is 2.53. The fraction of sp³-hybridized carbons (Fsp3) is 0. The van der Waals surface area contributed by atoms with E-state index in [-0.39, 0.29) is 5.82 Å². The molecule has 0 bridgehead atoms. The van der Waals surface area contributed by atoms with Gasteiger partial charge in [0.2, 0.25) is 5.91 Å². The summed E-state index contributed by atoms with van der Waals surface area (Å²) in [5.74, 6) is -0.844. The highest BCUT2D eigenvalue weighted by Gasteiger charge is 2.06. The van der Waals surface area contributed by atoms with Crippen LogP contribution in [0.25, 0.3) is 5.57 Å². The van der Waals surface area contributed by atoms with Gasteiger partial charge in [0.15, 0.2) is 0 Å². The Bertz CT molecular complexity index is 573. The molecule has 0 aliphatic rings. The Kier molecular flexibility index (Phi) is 3.53. The van der Waals surface area contributed by atoms with Gasteiger partial charge in [-0.05, 0) is 28.8 Å². The van der Waals surface area contributed by atoms with Gasteiger partial charge in [0.05, 0.1) is 0 Å². The van der Waals surface area contributed by atoms with Gasteiger partial charge in [-0.2, -0.15) is 0 Å². The summed E-state index contributed by atoms with van der Waals surface area (Å²) in [6.45, 7) is 0. The van der Waals surface area contributed by atoms with Crippen LogP contribution < -0.4 is 5.73 Å². The van der Waals surface area contributed by atoms with Gasteiger partial charge >= 0.3 is 0 Å². The van der Waals surface area contributed by atoms with Crippen molar-refractivity contribution in [3.05, 3.63) is 77.6 Å². The topological polar surface area (TPSA) is 43.1 Å². The largest absolute Gasteiger partial charge is 0.366 e. The second-order valence-electron chi connectivity index (χ2n) is 3.83. The van der Waals surface area contributed by atoms with Crippen molar-refractivity contribution in [2.75, 3.05) is 0 Å². The van der Waals surface area contributed by atoms with Crippen molar-refractivity contribution in [3.63, 3.8) is 0 Å². The van der Waals surface area contributed by atoms with Crippen molar-refractivity contribution in [3.8, 4) is 0 Å². The van der Waals surface area contributed by atoms with Crippen LogP contribution in [0.2, 0.25) is 0 Å². The van der Waals surface area contributed by atoms with E-state index in [1.54, 1.807) is 12.1 Å². The van der Waals surface area contributed by atoms with Crippen LogP contribution in [0.1, 0.15) is 11.1 Å². The predicted octanol–water partition coefficient (Wildman–Crippen LogP) is 2.74. The predicted molar refractivity (Wildman–Crippen MR) is 69.1 cm³/mol. The first-order valence-electron chi connectivity index (χ1n) is 5.49. The minimum absolute atomic E-state index is 0.315. The Morgan fingerprint density at radius 2 is 1.50 bits per heavy atom. The molecule has 2 N–H and O–H groups in total. The molecule has 0 atom stereocenters. The average molecular weight is 241 g/mol. The van der Waals surface area contributed by atoms with Crippen molar-refractivity contribution in [1.29, 1.82) is 0 Å². The molecule has 0 aromatic heterocycles. The van der Waals surface area contributed by atoms with E-state index in [9.17, 15) is 9.18 Å². The molecule has 0 fully saturated rings.